The molecule has 1 aromatic heterocycles. The lowest BCUT2D eigenvalue weighted by Gasteiger charge is -2.36. The van der Waals surface area contributed by atoms with Crippen LogP contribution in [-0.2, 0) is 16.0 Å². The summed E-state index contributed by atoms with van der Waals surface area (Å²) >= 11 is 0. The van der Waals surface area contributed by atoms with Gasteiger partial charge in [0, 0.05) is 42.1 Å². The average Bonchev–Trinajstić information content (AvgIpc) is 3.09. The fourth-order valence-electron chi connectivity index (χ4n) is 7.07. The van der Waals surface area contributed by atoms with Gasteiger partial charge in [0.05, 0.1) is 17.3 Å². The van der Waals surface area contributed by atoms with Gasteiger partial charge in [0.1, 0.15) is 11.9 Å². The number of carbonyl (C=O) groups is 2. The summed E-state index contributed by atoms with van der Waals surface area (Å²) in [4.78, 5) is 39.9. The number of anilines is 1. The van der Waals surface area contributed by atoms with E-state index in [1.54, 1.807) is 12.1 Å². The van der Waals surface area contributed by atoms with E-state index < -0.39 is 12.2 Å². The highest BCUT2D eigenvalue weighted by Crippen LogP contribution is 2.32. The van der Waals surface area contributed by atoms with Gasteiger partial charge in [0.15, 0.2) is 0 Å². The Labute approximate surface area is 291 Å². The molecule has 2 saturated carbocycles. The van der Waals surface area contributed by atoms with Gasteiger partial charge in [-0.1, -0.05) is 48.5 Å². The number of aromatic amines is 1. The third kappa shape index (κ3) is 9.09. The molecule has 2 aliphatic rings. The van der Waals surface area contributed by atoms with Gasteiger partial charge in [0.2, 0.25) is 11.5 Å². The van der Waals surface area contributed by atoms with Crippen molar-refractivity contribution < 1.29 is 24.5 Å². The third-order valence-electron chi connectivity index (χ3n) is 9.90. The molecule has 1 atom stereocenters. The molecular weight excluding hydrogens is 634 g/mol. The van der Waals surface area contributed by atoms with Crippen molar-refractivity contribution in [1.29, 1.82) is 0 Å². The Morgan fingerprint density at radius 2 is 1.76 bits per heavy atom. The third-order valence-corrected chi connectivity index (χ3v) is 9.90. The number of aromatic hydroxyl groups is 1. The molecule has 2 fully saturated rings. The van der Waals surface area contributed by atoms with E-state index in [1.807, 2.05) is 48.5 Å². The number of hydrogen-bond donors (Lipinski definition) is 7. The van der Waals surface area contributed by atoms with Crippen LogP contribution in [0.5, 0.6) is 5.75 Å². The van der Waals surface area contributed by atoms with Crippen molar-refractivity contribution in [2.24, 2.45) is 11.7 Å². The summed E-state index contributed by atoms with van der Waals surface area (Å²) in [5.74, 6) is 0.393. The zero-order valence-electron chi connectivity index (χ0n) is 28.2. The smallest absolute Gasteiger partial charge is 0.411 e. The number of phenols is 1. The van der Waals surface area contributed by atoms with Gasteiger partial charge in [0.25, 0.3) is 0 Å². The van der Waals surface area contributed by atoms with Gasteiger partial charge in [-0.05, 0) is 98.7 Å². The number of amides is 2. The number of phenolic OH excluding ortho intramolecular Hbond substituents is 1. The van der Waals surface area contributed by atoms with Crippen LogP contribution >= 0.6 is 0 Å². The SMILES string of the molecule is NC1CCC(OC(=O)Nc2cc(CCCC(=O)NC3CC(CNC[C@H](O)c4ccc(O)c5[nH]c(=O)ccc45)C3)ccc2-c2ccccc2)CC1. The molecule has 1 heterocycles. The molecule has 6 rings (SSSR count). The average molecular weight is 682 g/mol. The van der Waals surface area contributed by atoms with E-state index in [-0.39, 0.29) is 35.4 Å². The number of benzene rings is 3. The molecule has 3 aromatic carbocycles. The van der Waals surface area contributed by atoms with E-state index >= 15 is 0 Å². The Hall–Kier alpha value is -4.71. The molecule has 50 heavy (non-hydrogen) atoms. The number of pyridine rings is 1. The van der Waals surface area contributed by atoms with Crippen molar-refractivity contribution in [3.63, 3.8) is 0 Å². The predicted molar refractivity (Wildman–Crippen MR) is 194 cm³/mol. The molecular formula is C39H47N5O6. The van der Waals surface area contributed by atoms with E-state index in [0.29, 0.717) is 60.4 Å². The number of H-pyrrole nitrogens is 1. The second kappa shape index (κ2) is 16.3. The summed E-state index contributed by atoms with van der Waals surface area (Å²) in [7, 11) is 0. The van der Waals surface area contributed by atoms with E-state index in [2.05, 4.69) is 20.9 Å². The predicted octanol–water partition coefficient (Wildman–Crippen LogP) is 5.26. The van der Waals surface area contributed by atoms with Gasteiger partial charge in [-0.2, -0.15) is 0 Å². The maximum atomic E-state index is 12.9. The van der Waals surface area contributed by atoms with Gasteiger partial charge < -0.3 is 36.3 Å². The monoisotopic (exact) mass is 681 g/mol. The topological polar surface area (TPSA) is 179 Å². The van der Waals surface area contributed by atoms with Gasteiger partial charge >= 0.3 is 6.09 Å². The Balaban J connectivity index is 0.928. The zero-order valence-corrected chi connectivity index (χ0v) is 28.2. The quantitative estimate of drug-likeness (QED) is 0.0999. The van der Waals surface area contributed by atoms with Crippen molar-refractivity contribution in [2.45, 2.75) is 82.1 Å². The molecule has 264 valence electrons. The summed E-state index contributed by atoms with van der Waals surface area (Å²) < 4.78 is 5.73. The van der Waals surface area contributed by atoms with Gasteiger partial charge in [-0.25, -0.2) is 4.79 Å². The Bertz CT molecular complexity index is 1830. The second-order valence-corrected chi connectivity index (χ2v) is 13.7. The fourth-order valence-corrected chi connectivity index (χ4v) is 7.07. The van der Waals surface area contributed by atoms with Crippen molar-refractivity contribution in [2.75, 3.05) is 18.4 Å². The highest BCUT2D eigenvalue weighted by Gasteiger charge is 2.30. The summed E-state index contributed by atoms with van der Waals surface area (Å²) in [6.45, 7) is 1.04. The number of carbonyl (C=O) groups excluding carboxylic acids is 2. The van der Waals surface area contributed by atoms with Crippen LogP contribution in [0.25, 0.3) is 22.0 Å². The molecule has 8 N–H and O–H groups in total. The van der Waals surface area contributed by atoms with Gasteiger partial charge in [-0.15, -0.1) is 0 Å². The standard InChI is InChI=1S/C39H47N5O6/c40-27-10-12-29(13-11-27)50-39(49)43-33-21-24(9-14-30(33)26-6-2-1-3-7-26)5-4-8-36(47)42-28-19-25(20-28)22-41-23-35(46)31-15-17-34(45)38-32(31)16-18-37(48)44-38/h1-3,6-7,9,14-18,21,25,27-29,35,41,45-46H,4-5,8,10-13,19-20,22-23,40H2,(H,42,47)(H,43,49)(H,44,48)/t25?,27?,28?,29?,35-/m0/s1. The largest absolute Gasteiger partial charge is 0.506 e. The van der Waals surface area contributed by atoms with Crippen LogP contribution in [0.4, 0.5) is 10.5 Å². The molecule has 2 aliphatic carbocycles. The number of fused-ring (bicyclic) bond motifs is 1. The molecule has 0 bridgehead atoms. The normalized spacial score (nSPS) is 20.8. The first-order valence-corrected chi connectivity index (χ1v) is 17.7. The molecule has 11 nitrogen and oxygen atoms in total. The number of rotatable bonds is 13. The first kappa shape index (κ1) is 35.1. The maximum Gasteiger partial charge on any atom is 0.411 e. The minimum Gasteiger partial charge on any atom is -0.506 e. The number of aromatic nitrogens is 1. The Morgan fingerprint density at radius 1 is 0.980 bits per heavy atom. The summed E-state index contributed by atoms with van der Waals surface area (Å²) in [5, 5.41) is 30.9. The summed E-state index contributed by atoms with van der Waals surface area (Å²) in [5.41, 5.74) is 10.2. The molecule has 0 spiro atoms. The van der Waals surface area contributed by atoms with Crippen LogP contribution in [0.2, 0.25) is 0 Å². The highest BCUT2D eigenvalue weighted by molar-refractivity contribution is 5.92. The molecule has 0 radical (unpaired) electrons. The number of aliphatic hydroxyl groups excluding tert-OH is 1. The number of nitrogens with one attached hydrogen (secondary N) is 4. The molecule has 4 aromatic rings. The first-order chi connectivity index (χ1) is 24.2. The fraction of sp³-hybridized carbons (Fsp3) is 0.410. The lowest BCUT2D eigenvalue weighted by atomic mass is 9.80. The van der Waals surface area contributed by atoms with Crippen molar-refractivity contribution in [1.82, 2.24) is 15.6 Å². The summed E-state index contributed by atoms with van der Waals surface area (Å²) in [6.07, 6.45) is 5.38. The van der Waals surface area contributed by atoms with E-state index in [1.165, 1.54) is 12.1 Å². The molecule has 0 unspecified atom stereocenters. The molecule has 0 saturated heterocycles. The lowest BCUT2D eigenvalue weighted by molar-refractivity contribution is -0.122. The first-order valence-electron chi connectivity index (χ1n) is 17.7. The molecule has 2 amide bonds. The number of ether oxygens (including phenoxy) is 1. The van der Waals surface area contributed by atoms with Crippen LogP contribution in [0, 0.1) is 5.92 Å². The maximum absolute atomic E-state index is 12.9. The number of aliphatic hydroxyl groups is 1. The Morgan fingerprint density at radius 3 is 2.54 bits per heavy atom. The van der Waals surface area contributed by atoms with Crippen LogP contribution in [-0.4, -0.2) is 58.5 Å². The van der Waals surface area contributed by atoms with Crippen molar-refractivity contribution in [3.05, 3.63) is 94.3 Å². The highest BCUT2D eigenvalue weighted by atomic mass is 16.6. The van der Waals surface area contributed by atoms with Crippen LogP contribution in [0.1, 0.15) is 68.6 Å². The van der Waals surface area contributed by atoms with Crippen molar-refractivity contribution in [3.8, 4) is 16.9 Å². The van der Waals surface area contributed by atoms with Crippen molar-refractivity contribution >= 4 is 28.6 Å². The zero-order chi connectivity index (χ0) is 35.0. The Kier molecular flexibility index (Phi) is 11.5. The number of hydrogen-bond acceptors (Lipinski definition) is 8. The minimum atomic E-state index is -0.809. The second-order valence-electron chi connectivity index (χ2n) is 13.7. The van der Waals surface area contributed by atoms with Crippen LogP contribution in [0.3, 0.4) is 0 Å². The summed E-state index contributed by atoms with van der Waals surface area (Å²) in [6, 6.07) is 22.4. The van der Waals surface area contributed by atoms with Crippen LogP contribution in [0.15, 0.2) is 77.6 Å². The van der Waals surface area contributed by atoms with Crippen LogP contribution < -0.4 is 27.2 Å². The van der Waals surface area contributed by atoms with Gasteiger partial charge in [-0.3, -0.25) is 14.9 Å². The number of aryl methyl sites for hydroxylation is 1. The molecule has 0 aliphatic heterocycles. The lowest BCUT2D eigenvalue weighted by Crippen LogP contribution is -2.47. The molecule has 11 heteroatoms. The van der Waals surface area contributed by atoms with E-state index in [0.717, 1.165) is 55.2 Å². The number of nitrogens with two attached hydrogens (primary N) is 1. The van der Waals surface area contributed by atoms with E-state index in [9.17, 15) is 24.6 Å². The van der Waals surface area contributed by atoms with E-state index in [4.69, 9.17) is 10.5 Å². The minimum absolute atomic E-state index is 0.0316.